The molecule has 0 bridgehead atoms. The van der Waals surface area contributed by atoms with Gasteiger partial charge in [0.05, 0.1) is 4.90 Å². The molecular formula is C22H36N2O2S. The van der Waals surface area contributed by atoms with E-state index in [9.17, 15) is 8.42 Å². The Labute approximate surface area is 166 Å². The van der Waals surface area contributed by atoms with Crippen LogP contribution in [0.15, 0.2) is 29.2 Å². The number of hydrogen-bond donors (Lipinski definition) is 0. The molecule has 2 aliphatic rings. The molecule has 0 saturated carbocycles. The Balaban J connectivity index is 1.56. The van der Waals surface area contributed by atoms with E-state index in [1.54, 1.807) is 16.4 Å². The second-order valence-electron chi connectivity index (χ2n) is 9.60. The van der Waals surface area contributed by atoms with Gasteiger partial charge in [0.15, 0.2) is 0 Å². The quantitative estimate of drug-likeness (QED) is 0.774. The Morgan fingerprint density at radius 3 is 2.00 bits per heavy atom. The monoisotopic (exact) mass is 392 g/mol. The fourth-order valence-electron chi connectivity index (χ4n) is 4.22. The van der Waals surface area contributed by atoms with Crippen LogP contribution in [0.4, 0.5) is 0 Å². The van der Waals surface area contributed by atoms with Gasteiger partial charge in [0.25, 0.3) is 0 Å². The van der Waals surface area contributed by atoms with Crippen molar-refractivity contribution in [2.24, 2.45) is 11.8 Å². The van der Waals surface area contributed by atoms with Crippen molar-refractivity contribution < 1.29 is 8.42 Å². The number of likely N-dealkylation sites (tertiary alicyclic amines) is 1. The lowest BCUT2D eigenvalue weighted by Crippen LogP contribution is -2.43. The summed E-state index contributed by atoms with van der Waals surface area (Å²) < 4.78 is 27.7. The predicted molar refractivity (Wildman–Crippen MR) is 111 cm³/mol. The molecule has 3 rings (SSSR count). The topological polar surface area (TPSA) is 40.6 Å². The summed E-state index contributed by atoms with van der Waals surface area (Å²) >= 11 is 0. The molecule has 0 N–H and O–H groups in total. The first kappa shape index (κ1) is 20.8. The summed E-state index contributed by atoms with van der Waals surface area (Å²) in [6.45, 7) is 13.6. The van der Waals surface area contributed by atoms with Crippen LogP contribution in [0.1, 0.15) is 58.9 Å². The maximum atomic E-state index is 13.0. The fourth-order valence-corrected chi connectivity index (χ4v) is 5.69. The normalized spacial score (nSPS) is 22.2. The standard InChI is InChI=1S/C22H36N2O2S/c1-18-9-13-23(14-10-18)17-19-11-15-24(16-12-19)27(25,26)21-7-5-20(6-8-21)22(2,3)4/h5-8,18-19H,9-17H2,1-4H3. The molecule has 1 aromatic rings. The Bertz CT molecular complexity index is 706. The average Bonchev–Trinajstić information content (AvgIpc) is 2.63. The Morgan fingerprint density at radius 1 is 0.926 bits per heavy atom. The van der Waals surface area contributed by atoms with Gasteiger partial charge in [-0.05, 0) is 73.7 Å². The molecule has 2 fully saturated rings. The second-order valence-corrected chi connectivity index (χ2v) is 11.5. The zero-order valence-electron chi connectivity index (χ0n) is 17.4. The van der Waals surface area contributed by atoms with Crippen molar-refractivity contribution in [3.63, 3.8) is 0 Å². The lowest BCUT2D eigenvalue weighted by Gasteiger charge is -2.36. The van der Waals surface area contributed by atoms with Gasteiger partial charge in [0.1, 0.15) is 0 Å². The fraction of sp³-hybridized carbons (Fsp3) is 0.727. The van der Waals surface area contributed by atoms with E-state index >= 15 is 0 Å². The first-order valence-corrected chi connectivity index (χ1v) is 11.9. The van der Waals surface area contributed by atoms with Crippen LogP contribution in [0.5, 0.6) is 0 Å². The van der Waals surface area contributed by atoms with Crippen LogP contribution in [0.25, 0.3) is 0 Å². The Morgan fingerprint density at radius 2 is 1.48 bits per heavy atom. The molecule has 0 unspecified atom stereocenters. The van der Waals surface area contributed by atoms with Gasteiger partial charge in [-0.1, -0.05) is 39.8 Å². The van der Waals surface area contributed by atoms with Gasteiger partial charge in [0.2, 0.25) is 10.0 Å². The molecule has 2 aliphatic heterocycles. The van der Waals surface area contributed by atoms with Gasteiger partial charge in [-0.3, -0.25) is 0 Å². The highest BCUT2D eigenvalue weighted by Gasteiger charge is 2.30. The van der Waals surface area contributed by atoms with Crippen molar-refractivity contribution in [2.45, 2.75) is 63.7 Å². The summed E-state index contributed by atoms with van der Waals surface area (Å²) in [5.41, 5.74) is 1.20. The van der Waals surface area contributed by atoms with Gasteiger partial charge < -0.3 is 4.90 Å². The minimum atomic E-state index is -3.37. The molecule has 0 spiro atoms. The highest BCUT2D eigenvalue weighted by atomic mass is 32.2. The Hall–Kier alpha value is -0.910. The van der Waals surface area contributed by atoms with E-state index in [-0.39, 0.29) is 5.41 Å². The van der Waals surface area contributed by atoms with E-state index in [1.807, 2.05) is 12.1 Å². The molecule has 0 aliphatic carbocycles. The van der Waals surface area contributed by atoms with Crippen molar-refractivity contribution >= 4 is 10.0 Å². The Kier molecular flexibility index (Phi) is 6.34. The maximum Gasteiger partial charge on any atom is 0.243 e. The van der Waals surface area contributed by atoms with Gasteiger partial charge >= 0.3 is 0 Å². The van der Waals surface area contributed by atoms with E-state index in [0.29, 0.717) is 23.9 Å². The van der Waals surface area contributed by atoms with Crippen molar-refractivity contribution in [3.8, 4) is 0 Å². The molecule has 1 aromatic carbocycles. The van der Waals surface area contributed by atoms with E-state index in [0.717, 1.165) is 30.9 Å². The highest BCUT2D eigenvalue weighted by molar-refractivity contribution is 7.89. The van der Waals surface area contributed by atoms with E-state index < -0.39 is 10.0 Å². The van der Waals surface area contributed by atoms with Crippen LogP contribution in [0, 0.1) is 11.8 Å². The number of sulfonamides is 1. The number of nitrogens with zero attached hydrogens (tertiary/aromatic N) is 2. The lowest BCUT2D eigenvalue weighted by atomic mass is 9.87. The van der Waals surface area contributed by atoms with E-state index in [2.05, 4.69) is 32.6 Å². The predicted octanol–water partition coefficient (Wildman–Crippen LogP) is 4.12. The molecule has 27 heavy (non-hydrogen) atoms. The van der Waals surface area contributed by atoms with Gasteiger partial charge in [0, 0.05) is 19.6 Å². The van der Waals surface area contributed by atoms with Gasteiger partial charge in [-0.25, -0.2) is 8.42 Å². The molecule has 0 radical (unpaired) electrons. The summed E-state index contributed by atoms with van der Waals surface area (Å²) in [6, 6.07) is 7.46. The lowest BCUT2D eigenvalue weighted by molar-refractivity contribution is 0.142. The molecule has 0 amide bonds. The molecule has 0 atom stereocenters. The number of hydrogen-bond acceptors (Lipinski definition) is 3. The third-order valence-corrected chi connectivity index (χ3v) is 8.24. The van der Waals surface area contributed by atoms with Crippen LogP contribution in [-0.2, 0) is 15.4 Å². The highest BCUT2D eigenvalue weighted by Crippen LogP contribution is 2.28. The van der Waals surface area contributed by atoms with Crippen LogP contribution in [-0.4, -0.2) is 50.3 Å². The molecule has 2 heterocycles. The number of benzene rings is 1. The maximum absolute atomic E-state index is 13.0. The SMILES string of the molecule is CC1CCN(CC2CCN(S(=O)(=O)c3ccc(C(C)(C)C)cc3)CC2)CC1. The summed E-state index contributed by atoms with van der Waals surface area (Å²) in [5.74, 6) is 1.49. The largest absolute Gasteiger partial charge is 0.303 e. The van der Waals surface area contributed by atoms with Crippen molar-refractivity contribution in [1.82, 2.24) is 9.21 Å². The van der Waals surface area contributed by atoms with Gasteiger partial charge in [-0.15, -0.1) is 0 Å². The van der Waals surface area contributed by atoms with Crippen LogP contribution in [0.2, 0.25) is 0 Å². The summed E-state index contributed by atoms with van der Waals surface area (Å²) in [7, 11) is -3.37. The van der Waals surface area contributed by atoms with Crippen molar-refractivity contribution in [1.29, 1.82) is 0 Å². The van der Waals surface area contributed by atoms with Crippen molar-refractivity contribution in [3.05, 3.63) is 29.8 Å². The van der Waals surface area contributed by atoms with E-state index in [1.165, 1.54) is 25.9 Å². The summed E-state index contributed by atoms with van der Waals surface area (Å²) in [6.07, 6.45) is 4.56. The van der Waals surface area contributed by atoms with Gasteiger partial charge in [-0.2, -0.15) is 4.31 Å². The van der Waals surface area contributed by atoms with Crippen molar-refractivity contribution in [2.75, 3.05) is 32.7 Å². The second kappa shape index (κ2) is 8.22. The minimum absolute atomic E-state index is 0.0346. The number of piperidine rings is 2. The first-order chi connectivity index (χ1) is 12.7. The first-order valence-electron chi connectivity index (χ1n) is 10.5. The molecule has 152 valence electrons. The third-order valence-electron chi connectivity index (χ3n) is 6.32. The summed E-state index contributed by atoms with van der Waals surface area (Å²) in [4.78, 5) is 3.01. The molecule has 2 saturated heterocycles. The van der Waals surface area contributed by atoms with E-state index in [4.69, 9.17) is 0 Å². The molecule has 4 nitrogen and oxygen atoms in total. The van der Waals surface area contributed by atoms with Crippen LogP contribution in [0.3, 0.4) is 0 Å². The minimum Gasteiger partial charge on any atom is -0.303 e. The molecular weight excluding hydrogens is 356 g/mol. The average molecular weight is 393 g/mol. The smallest absolute Gasteiger partial charge is 0.243 e. The zero-order valence-corrected chi connectivity index (χ0v) is 18.3. The van der Waals surface area contributed by atoms with Crippen LogP contribution >= 0.6 is 0 Å². The third kappa shape index (κ3) is 5.12. The zero-order chi connectivity index (χ0) is 19.7. The molecule has 0 aromatic heterocycles. The summed E-state index contributed by atoms with van der Waals surface area (Å²) in [5, 5.41) is 0. The molecule has 5 heteroatoms. The van der Waals surface area contributed by atoms with Crippen LogP contribution < -0.4 is 0 Å². The number of rotatable bonds is 4.